The molecule has 2 aliphatic heterocycles. The lowest BCUT2D eigenvalue weighted by atomic mass is 10.1. The van der Waals surface area contributed by atoms with Crippen molar-refractivity contribution >= 4 is 28.6 Å². The Labute approximate surface area is 170 Å². The van der Waals surface area contributed by atoms with E-state index in [0.717, 1.165) is 0 Å². The zero-order valence-corrected chi connectivity index (χ0v) is 16.4. The van der Waals surface area contributed by atoms with E-state index in [1.807, 2.05) is 19.9 Å². The van der Waals surface area contributed by atoms with Crippen molar-refractivity contribution in [1.29, 1.82) is 0 Å². The standard InChI is InChI=1S/C18H19ClN6O4/c1-18(2)28-12-10(7-26)27-17(13(12)29-18)25-16-11(23-24-25)14(20)21-15(22-16)8-4-3-5-9(19)6-8/h3-6,10,12-13,17,26H,7H2,1-2H3,(H2,20,21,22)/t10-,12-,13-,17-/m1/s1. The van der Waals surface area contributed by atoms with Crippen molar-refractivity contribution < 1.29 is 19.3 Å². The number of nitrogen functional groups attached to an aromatic ring is 1. The zero-order valence-electron chi connectivity index (χ0n) is 15.7. The number of halogens is 1. The maximum atomic E-state index is 9.71. The number of aromatic nitrogens is 5. The van der Waals surface area contributed by atoms with Crippen LogP contribution < -0.4 is 5.73 Å². The van der Waals surface area contributed by atoms with Crippen molar-refractivity contribution in [3.05, 3.63) is 29.3 Å². The summed E-state index contributed by atoms with van der Waals surface area (Å²) in [4.78, 5) is 8.93. The molecule has 4 heterocycles. The lowest BCUT2D eigenvalue weighted by Crippen LogP contribution is -2.31. The number of nitrogens with zero attached hydrogens (tertiary/aromatic N) is 5. The average molecular weight is 419 g/mol. The molecule has 2 aliphatic rings. The van der Waals surface area contributed by atoms with Crippen LogP contribution in [-0.4, -0.2) is 60.8 Å². The Morgan fingerprint density at radius 1 is 1.24 bits per heavy atom. The molecule has 0 unspecified atom stereocenters. The molecule has 0 aliphatic carbocycles. The number of nitrogens with two attached hydrogens (primary N) is 1. The van der Waals surface area contributed by atoms with Gasteiger partial charge in [0.15, 0.2) is 34.8 Å². The third-order valence-electron chi connectivity index (χ3n) is 4.98. The van der Waals surface area contributed by atoms with E-state index in [1.54, 1.807) is 18.2 Å². The minimum atomic E-state index is -0.804. The van der Waals surface area contributed by atoms with Gasteiger partial charge in [0.05, 0.1) is 6.61 Å². The number of hydrogen-bond donors (Lipinski definition) is 2. The van der Waals surface area contributed by atoms with Gasteiger partial charge in [-0.1, -0.05) is 28.9 Å². The van der Waals surface area contributed by atoms with E-state index in [-0.39, 0.29) is 12.4 Å². The molecule has 5 rings (SSSR count). The number of rotatable bonds is 3. The number of anilines is 1. The lowest BCUT2D eigenvalue weighted by molar-refractivity contribution is -0.201. The van der Waals surface area contributed by atoms with Crippen LogP contribution in [-0.2, 0) is 14.2 Å². The summed E-state index contributed by atoms with van der Waals surface area (Å²) in [6.07, 6.45) is -2.17. The predicted molar refractivity (Wildman–Crippen MR) is 103 cm³/mol. The molecule has 2 saturated heterocycles. The largest absolute Gasteiger partial charge is 0.394 e. The van der Waals surface area contributed by atoms with E-state index in [2.05, 4.69) is 20.3 Å². The van der Waals surface area contributed by atoms with Crippen molar-refractivity contribution in [2.45, 2.75) is 44.2 Å². The van der Waals surface area contributed by atoms with Crippen molar-refractivity contribution in [3.63, 3.8) is 0 Å². The van der Waals surface area contributed by atoms with Gasteiger partial charge >= 0.3 is 0 Å². The number of aliphatic hydroxyl groups excluding tert-OH is 1. The normalized spacial score (nSPS) is 28.1. The monoisotopic (exact) mass is 418 g/mol. The highest BCUT2D eigenvalue weighted by Gasteiger charge is 2.56. The average Bonchev–Trinajstić information content (AvgIpc) is 3.32. The third-order valence-corrected chi connectivity index (χ3v) is 5.21. The molecule has 2 fully saturated rings. The molecule has 0 saturated carbocycles. The van der Waals surface area contributed by atoms with Crippen molar-refractivity contribution in [3.8, 4) is 11.4 Å². The van der Waals surface area contributed by atoms with Gasteiger partial charge < -0.3 is 25.1 Å². The van der Waals surface area contributed by atoms with Crippen LogP contribution in [0.25, 0.3) is 22.6 Å². The molecule has 4 atom stereocenters. The molecule has 11 heteroatoms. The first kappa shape index (κ1) is 18.6. The molecular weight excluding hydrogens is 400 g/mol. The Hall–Kier alpha value is -2.37. The fraction of sp³-hybridized carbons (Fsp3) is 0.444. The van der Waals surface area contributed by atoms with Gasteiger partial charge in [0, 0.05) is 10.6 Å². The van der Waals surface area contributed by atoms with E-state index >= 15 is 0 Å². The van der Waals surface area contributed by atoms with Gasteiger partial charge in [0.1, 0.15) is 18.3 Å². The predicted octanol–water partition coefficient (Wildman–Crippen LogP) is 1.53. The summed E-state index contributed by atoms with van der Waals surface area (Å²) in [5.41, 5.74) is 7.56. The summed E-state index contributed by atoms with van der Waals surface area (Å²) in [6.45, 7) is 3.41. The summed E-state index contributed by atoms with van der Waals surface area (Å²) in [5.74, 6) is -0.229. The van der Waals surface area contributed by atoms with Gasteiger partial charge in [-0.05, 0) is 26.0 Å². The summed E-state index contributed by atoms with van der Waals surface area (Å²) in [6, 6.07) is 7.15. The summed E-state index contributed by atoms with van der Waals surface area (Å²) in [5, 5.41) is 18.6. The first-order chi connectivity index (χ1) is 13.9. The maximum absolute atomic E-state index is 9.71. The Kier molecular flexibility index (Phi) is 4.23. The fourth-order valence-corrected chi connectivity index (χ4v) is 3.97. The summed E-state index contributed by atoms with van der Waals surface area (Å²) >= 11 is 6.10. The van der Waals surface area contributed by atoms with Crippen LogP contribution in [0.15, 0.2) is 24.3 Å². The van der Waals surface area contributed by atoms with Gasteiger partial charge in [0.2, 0.25) is 0 Å². The number of benzene rings is 1. The number of ether oxygens (including phenoxy) is 3. The van der Waals surface area contributed by atoms with Crippen LogP contribution in [0.1, 0.15) is 20.1 Å². The van der Waals surface area contributed by atoms with Gasteiger partial charge in [-0.3, -0.25) is 0 Å². The zero-order chi connectivity index (χ0) is 20.3. The molecule has 29 heavy (non-hydrogen) atoms. The molecule has 152 valence electrons. The molecule has 0 bridgehead atoms. The first-order valence-electron chi connectivity index (χ1n) is 9.12. The topological polar surface area (TPSA) is 130 Å². The molecule has 3 N–H and O–H groups in total. The van der Waals surface area contributed by atoms with E-state index in [9.17, 15) is 5.11 Å². The third kappa shape index (κ3) is 3.04. The lowest BCUT2D eigenvalue weighted by Gasteiger charge is -2.23. The van der Waals surface area contributed by atoms with Gasteiger partial charge in [0.25, 0.3) is 0 Å². The molecule has 10 nitrogen and oxygen atoms in total. The summed E-state index contributed by atoms with van der Waals surface area (Å²) in [7, 11) is 0. The van der Waals surface area contributed by atoms with E-state index in [4.69, 9.17) is 31.5 Å². The highest BCUT2D eigenvalue weighted by Crippen LogP contribution is 2.43. The van der Waals surface area contributed by atoms with Crippen molar-refractivity contribution in [2.24, 2.45) is 0 Å². The highest BCUT2D eigenvalue weighted by molar-refractivity contribution is 6.30. The second-order valence-corrected chi connectivity index (χ2v) is 7.90. The second kappa shape index (κ2) is 6.57. The van der Waals surface area contributed by atoms with E-state index < -0.39 is 30.3 Å². The Morgan fingerprint density at radius 2 is 2.03 bits per heavy atom. The van der Waals surface area contributed by atoms with Crippen LogP contribution in [0.3, 0.4) is 0 Å². The molecule has 1 aromatic carbocycles. The Morgan fingerprint density at radius 3 is 2.79 bits per heavy atom. The van der Waals surface area contributed by atoms with Crippen LogP contribution in [0.5, 0.6) is 0 Å². The quantitative estimate of drug-likeness (QED) is 0.650. The van der Waals surface area contributed by atoms with Gasteiger partial charge in [-0.25, -0.2) is 9.97 Å². The number of fused-ring (bicyclic) bond motifs is 2. The number of hydrogen-bond acceptors (Lipinski definition) is 9. The fourth-order valence-electron chi connectivity index (χ4n) is 3.78. The molecule has 0 spiro atoms. The second-order valence-electron chi connectivity index (χ2n) is 7.46. The highest BCUT2D eigenvalue weighted by atomic mass is 35.5. The minimum absolute atomic E-state index is 0.188. The van der Waals surface area contributed by atoms with Crippen molar-refractivity contribution in [1.82, 2.24) is 25.0 Å². The molecule has 0 amide bonds. The maximum Gasteiger partial charge on any atom is 0.187 e. The van der Waals surface area contributed by atoms with Crippen LogP contribution in [0.4, 0.5) is 5.82 Å². The molecule has 0 radical (unpaired) electrons. The van der Waals surface area contributed by atoms with E-state index in [0.29, 0.717) is 27.6 Å². The van der Waals surface area contributed by atoms with Crippen LogP contribution in [0.2, 0.25) is 5.02 Å². The Bertz CT molecular complexity index is 1090. The van der Waals surface area contributed by atoms with E-state index in [1.165, 1.54) is 4.68 Å². The van der Waals surface area contributed by atoms with Gasteiger partial charge in [-0.2, -0.15) is 4.68 Å². The molecule has 2 aromatic heterocycles. The van der Waals surface area contributed by atoms with Crippen LogP contribution in [0, 0.1) is 0 Å². The van der Waals surface area contributed by atoms with Gasteiger partial charge in [-0.15, -0.1) is 5.10 Å². The first-order valence-corrected chi connectivity index (χ1v) is 9.50. The molecular formula is C18H19ClN6O4. The molecule has 3 aromatic rings. The smallest absolute Gasteiger partial charge is 0.187 e. The van der Waals surface area contributed by atoms with Crippen LogP contribution >= 0.6 is 11.6 Å². The number of aliphatic hydroxyl groups is 1. The summed E-state index contributed by atoms with van der Waals surface area (Å²) < 4.78 is 19.4. The Balaban J connectivity index is 1.61. The minimum Gasteiger partial charge on any atom is -0.394 e. The van der Waals surface area contributed by atoms with Crippen molar-refractivity contribution in [2.75, 3.05) is 12.3 Å². The SMILES string of the molecule is CC1(C)O[C@@H]2[C@H](O1)[C@@H](CO)O[C@H]2n1nnc2c(N)nc(-c3cccc(Cl)c3)nc21.